The van der Waals surface area contributed by atoms with Gasteiger partial charge in [0.05, 0.1) is 5.69 Å². The zero-order chi connectivity index (χ0) is 15.7. The molecule has 0 unspecified atom stereocenters. The highest BCUT2D eigenvalue weighted by molar-refractivity contribution is 7.99. The van der Waals surface area contributed by atoms with E-state index in [0.29, 0.717) is 10.9 Å². The van der Waals surface area contributed by atoms with Crippen LogP contribution in [-0.4, -0.2) is 24.9 Å². The molecule has 0 N–H and O–H groups in total. The SMILES string of the molecule is C=CCSc1nnc2c(=O)n(-c3ccc(F)c(F)c3)ccn12. The van der Waals surface area contributed by atoms with Crippen molar-refractivity contribution in [1.82, 2.24) is 19.2 Å². The second kappa shape index (κ2) is 5.72. The van der Waals surface area contributed by atoms with Crippen molar-refractivity contribution < 1.29 is 8.78 Å². The average Bonchev–Trinajstić information content (AvgIpc) is 2.92. The average molecular weight is 320 g/mol. The van der Waals surface area contributed by atoms with Crippen molar-refractivity contribution in [2.75, 3.05) is 5.75 Å². The first kappa shape index (κ1) is 14.5. The number of hydrogen-bond donors (Lipinski definition) is 0. The standard InChI is InChI=1S/C14H10F2N4OS/c1-2-7-22-14-18-17-12-13(21)19(5-6-20(12)14)9-3-4-10(15)11(16)8-9/h2-6,8H,1,7H2. The smallest absolute Gasteiger partial charge is 0.279 e. The Morgan fingerprint density at radius 3 is 2.77 bits per heavy atom. The Morgan fingerprint density at radius 1 is 1.23 bits per heavy atom. The van der Waals surface area contributed by atoms with Crippen molar-refractivity contribution in [2.24, 2.45) is 0 Å². The van der Waals surface area contributed by atoms with E-state index in [9.17, 15) is 13.6 Å². The Kier molecular flexibility index (Phi) is 3.76. The molecule has 0 saturated carbocycles. The third kappa shape index (κ3) is 2.41. The molecule has 112 valence electrons. The molecule has 0 fully saturated rings. The van der Waals surface area contributed by atoms with Crippen molar-refractivity contribution in [3.05, 3.63) is 65.2 Å². The quantitative estimate of drug-likeness (QED) is 0.547. The minimum absolute atomic E-state index is 0.110. The summed E-state index contributed by atoms with van der Waals surface area (Å²) in [6, 6.07) is 3.24. The van der Waals surface area contributed by atoms with Crippen LogP contribution in [0.5, 0.6) is 0 Å². The molecule has 0 aliphatic carbocycles. The molecule has 5 nitrogen and oxygen atoms in total. The van der Waals surface area contributed by atoms with Gasteiger partial charge in [0.1, 0.15) is 0 Å². The highest BCUT2D eigenvalue weighted by Crippen LogP contribution is 2.16. The monoisotopic (exact) mass is 320 g/mol. The Morgan fingerprint density at radius 2 is 2.05 bits per heavy atom. The molecule has 8 heteroatoms. The molecule has 3 rings (SSSR count). The molecule has 1 aromatic carbocycles. The van der Waals surface area contributed by atoms with E-state index in [2.05, 4.69) is 16.8 Å². The molecular formula is C14H10F2N4OS. The van der Waals surface area contributed by atoms with Gasteiger partial charge in [0.25, 0.3) is 0 Å². The lowest BCUT2D eigenvalue weighted by Gasteiger charge is -2.06. The fourth-order valence-electron chi connectivity index (χ4n) is 1.94. The van der Waals surface area contributed by atoms with E-state index in [0.717, 1.165) is 12.1 Å². The second-order valence-electron chi connectivity index (χ2n) is 4.35. The van der Waals surface area contributed by atoms with Gasteiger partial charge in [0, 0.05) is 24.2 Å². The second-order valence-corrected chi connectivity index (χ2v) is 5.33. The molecule has 3 aromatic rings. The number of hydrogen-bond acceptors (Lipinski definition) is 4. The highest BCUT2D eigenvalue weighted by Gasteiger charge is 2.12. The molecule has 0 spiro atoms. The molecule has 2 heterocycles. The van der Waals surface area contributed by atoms with Crippen molar-refractivity contribution in [3.8, 4) is 5.69 Å². The summed E-state index contributed by atoms with van der Waals surface area (Å²) in [5.41, 5.74) is -0.139. The largest absolute Gasteiger partial charge is 0.300 e. The number of halogens is 2. The van der Waals surface area contributed by atoms with E-state index in [1.807, 2.05) is 0 Å². The predicted molar refractivity (Wildman–Crippen MR) is 79.4 cm³/mol. The number of rotatable bonds is 4. The van der Waals surface area contributed by atoms with Crippen LogP contribution in [0.1, 0.15) is 0 Å². The van der Waals surface area contributed by atoms with Crippen LogP contribution in [0.25, 0.3) is 11.3 Å². The van der Waals surface area contributed by atoms with Gasteiger partial charge in [-0.3, -0.25) is 13.8 Å². The fourth-order valence-corrected chi connectivity index (χ4v) is 2.59. The normalized spacial score (nSPS) is 11.0. The summed E-state index contributed by atoms with van der Waals surface area (Å²) >= 11 is 1.38. The third-order valence-corrected chi connectivity index (χ3v) is 3.89. The topological polar surface area (TPSA) is 52.2 Å². The summed E-state index contributed by atoms with van der Waals surface area (Å²) in [7, 11) is 0. The van der Waals surface area contributed by atoms with Crippen molar-refractivity contribution in [1.29, 1.82) is 0 Å². The summed E-state index contributed by atoms with van der Waals surface area (Å²) in [6.07, 6.45) is 4.78. The van der Waals surface area contributed by atoms with Crippen LogP contribution in [0.2, 0.25) is 0 Å². The molecule has 0 amide bonds. The van der Waals surface area contributed by atoms with Crippen molar-refractivity contribution in [3.63, 3.8) is 0 Å². The molecule has 0 saturated heterocycles. The van der Waals surface area contributed by atoms with E-state index in [1.54, 1.807) is 16.7 Å². The van der Waals surface area contributed by atoms with E-state index >= 15 is 0 Å². The van der Waals surface area contributed by atoms with Gasteiger partial charge in [0.15, 0.2) is 16.8 Å². The molecule has 22 heavy (non-hydrogen) atoms. The van der Waals surface area contributed by atoms with E-state index in [-0.39, 0.29) is 11.3 Å². The van der Waals surface area contributed by atoms with Crippen molar-refractivity contribution in [2.45, 2.75) is 5.16 Å². The van der Waals surface area contributed by atoms with E-state index < -0.39 is 17.2 Å². The van der Waals surface area contributed by atoms with Crippen LogP contribution < -0.4 is 5.56 Å². The summed E-state index contributed by atoms with van der Waals surface area (Å²) < 4.78 is 29.0. The lowest BCUT2D eigenvalue weighted by atomic mass is 10.3. The van der Waals surface area contributed by atoms with Gasteiger partial charge in [-0.05, 0) is 12.1 Å². The number of benzene rings is 1. The van der Waals surface area contributed by atoms with Crippen LogP contribution in [0, 0.1) is 11.6 Å². The van der Waals surface area contributed by atoms with Gasteiger partial charge in [-0.2, -0.15) is 0 Å². The first-order valence-electron chi connectivity index (χ1n) is 6.27. The first-order valence-corrected chi connectivity index (χ1v) is 7.26. The summed E-state index contributed by atoms with van der Waals surface area (Å²) in [6.45, 7) is 3.62. The Balaban J connectivity index is 2.12. The maximum absolute atomic E-state index is 13.3. The van der Waals surface area contributed by atoms with Crippen LogP contribution in [0.4, 0.5) is 8.78 Å². The van der Waals surface area contributed by atoms with E-state index in [1.165, 1.54) is 28.6 Å². The summed E-state index contributed by atoms with van der Waals surface area (Å²) in [5, 5.41) is 8.35. The Bertz CT molecular complexity index is 919. The maximum atomic E-state index is 13.3. The molecule has 0 aliphatic heterocycles. The number of thioether (sulfide) groups is 1. The van der Waals surface area contributed by atoms with Crippen LogP contribution in [-0.2, 0) is 0 Å². The molecule has 0 atom stereocenters. The number of nitrogens with zero attached hydrogens (tertiary/aromatic N) is 4. The van der Waals surface area contributed by atoms with Crippen molar-refractivity contribution >= 4 is 17.4 Å². The number of aromatic nitrogens is 4. The van der Waals surface area contributed by atoms with Gasteiger partial charge in [-0.1, -0.05) is 17.8 Å². The third-order valence-electron chi connectivity index (χ3n) is 2.95. The summed E-state index contributed by atoms with van der Waals surface area (Å²) in [5.74, 6) is -1.36. The van der Waals surface area contributed by atoms with Crippen LogP contribution in [0.15, 0.2) is 53.2 Å². The van der Waals surface area contributed by atoms with Crippen LogP contribution >= 0.6 is 11.8 Å². The lowest BCUT2D eigenvalue weighted by molar-refractivity contribution is 0.508. The van der Waals surface area contributed by atoms with Gasteiger partial charge < -0.3 is 0 Å². The molecule has 0 bridgehead atoms. The first-order chi connectivity index (χ1) is 10.6. The zero-order valence-electron chi connectivity index (χ0n) is 11.2. The van der Waals surface area contributed by atoms with E-state index in [4.69, 9.17) is 0 Å². The highest BCUT2D eigenvalue weighted by atomic mass is 32.2. The summed E-state index contributed by atoms with van der Waals surface area (Å²) in [4.78, 5) is 12.4. The van der Waals surface area contributed by atoms with Gasteiger partial charge >= 0.3 is 5.56 Å². The molecule has 0 aliphatic rings. The fraction of sp³-hybridized carbons (Fsp3) is 0.0714. The minimum atomic E-state index is -1.02. The zero-order valence-corrected chi connectivity index (χ0v) is 12.1. The minimum Gasteiger partial charge on any atom is -0.279 e. The lowest BCUT2D eigenvalue weighted by Crippen LogP contribution is -2.20. The molecular weight excluding hydrogens is 310 g/mol. The van der Waals surface area contributed by atoms with Crippen LogP contribution in [0.3, 0.4) is 0 Å². The van der Waals surface area contributed by atoms with Gasteiger partial charge in [-0.25, -0.2) is 8.78 Å². The van der Waals surface area contributed by atoms with Gasteiger partial charge in [0.2, 0.25) is 5.65 Å². The maximum Gasteiger partial charge on any atom is 0.300 e. The predicted octanol–water partition coefficient (Wildman–Crippen LogP) is 2.44. The Labute approximate surface area is 127 Å². The van der Waals surface area contributed by atoms with Gasteiger partial charge in [-0.15, -0.1) is 16.8 Å². The molecule has 2 aromatic heterocycles. The number of fused-ring (bicyclic) bond motifs is 1. The molecule has 0 radical (unpaired) electrons. The Hall–Kier alpha value is -2.48.